The second-order valence-corrected chi connectivity index (χ2v) is 4.15. The van der Waals surface area contributed by atoms with Crippen LogP contribution in [0.5, 0.6) is 0 Å². The van der Waals surface area contributed by atoms with Gasteiger partial charge < -0.3 is 20.8 Å². The smallest absolute Gasteiger partial charge is 0.328 e. The van der Waals surface area contributed by atoms with Gasteiger partial charge in [0.05, 0.1) is 6.61 Å². The molecule has 0 aliphatic rings. The number of aliphatic carboxylic acids is 1. The summed E-state index contributed by atoms with van der Waals surface area (Å²) in [5.41, 5.74) is 2.27. The molecule has 0 aliphatic heterocycles. The number of urea groups is 1. The number of nitrogens with one attached hydrogen (secondary N) is 2. The largest absolute Gasteiger partial charge is 0.480 e. The summed E-state index contributed by atoms with van der Waals surface area (Å²) in [7, 11) is 0. The fourth-order valence-corrected chi connectivity index (χ4v) is 1.60. The number of benzene rings is 1. The summed E-state index contributed by atoms with van der Waals surface area (Å²) >= 11 is 0. The SMILES string of the molecule is Cc1ccccc1CCNC(=O)N[C@@H](CO)C(=O)O. The van der Waals surface area contributed by atoms with Gasteiger partial charge in [-0.2, -0.15) is 0 Å². The molecule has 0 unspecified atom stereocenters. The number of hydrogen-bond acceptors (Lipinski definition) is 3. The summed E-state index contributed by atoms with van der Waals surface area (Å²) in [6, 6.07) is 5.95. The van der Waals surface area contributed by atoms with Crippen molar-refractivity contribution in [1.82, 2.24) is 10.6 Å². The van der Waals surface area contributed by atoms with E-state index in [4.69, 9.17) is 10.2 Å². The first-order valence-corrected chi connectivity index (χ1v) is 5.97. The fraction of sp³-hybridized carbons (Fsp3) is 0.385. The number of carboxylic acid groups (broad SMARTS) is 1. The summed E-state index contributed by atoms with van der Waals surface area (Å²) in [6.07, 6.45) is 0.664. The van der Waals surface area contributed by atoms with Crippen LogP contribution in [0, 0.1) is 6.92 Å². The Morgan fingerprint density at radius 3 is 2.58 bits per heavy atom. The van der Waals surface area contributed by atoms with Crippen molar-refractivity contribution >= 4 is 12.0 Å². The summed E-state index contributed by atoms with van der Waals surface area (Å²) in [4.78, 5) is 22.0. The van der Waals surface area contributed by atoms with Crippen LogP contribution in [0.25, 0.3) is 0 Å². The van der Waals surface area contributed by atoms with Crippen LogP contribution in [-0.2, 0) is 11.2 Å². The molecule has 2 amide bonds. The molecule has 4 N–H and O–H groups in total. The van der Waals surface area contributed by atoms with Crippen LogP contribution in [0.2, 0.25) is 0 Å². The number of hydrogen-bond donors (Lipinski definition) is 4. The van der Waals surface area contributed by atoms with Gasteiger partial charge in [0.15, 0.2) is 6.04 Å². The van der Waals surface area contributed by atoms with Crippen molar-refractivity contribution in [3.63, 3.8) is 0 Å². The molecule has 0 bridgehead atoms. The molecule has 0 radical (unpaired) electrons. The number of aliphatic hydroxyl groups is 1. The number of aliphatic hydroxyl groups excluding tert-OH is 1. The predicted molar refractivity (Wildman–Crippen MR) is 69.9 cm³/mol. The third-order valence-electron chi connectivity index (χ3n) is 2.73. The molecule has 0 heterocycles. The molecule has 0 aromatic heterocycles. The number of aryl methyl sites for hydroxylation is 1. The minimum absolute atomic E-state index is 0.397. The van der Waals surface area contributed by atoms with E-state index in [1.807, 2.05) is 31.2 Å². The predicted octanol–water partition coefficient (Wildman–Crippen LogP) is 0.282. The van der Waals surface area contributed by atoms with E-state index in [9.17, 15) is 9.59 Å². The lowest BCUT2D eigenvalue weighted by Gasteiger charge is -2.13. The fourth-order valence-electron chi connectivity index (χ4n) is 1.60. The lowest BCUT2D eigenvalue weighted by molar-refractivity contribution is -0.140. The maximum atomic E-state index is 11.4. The Bertz CT molecular complexity index is 448. The highest BCUT2D eigenvalue weighted by molar-refractivity contribution is 5.82. The number of rotatable bonds is 6. The van der Waals surface area contributed by atoms with E-state index in [-0.39, 0.29) is 0 Å². The maximum absolute atomic E-state index is 11.4. The quantitative estimate of drug-likeness (QED) is 0.594. The lowest BCUT2D eigenvalue weighted by Crippen LogP contribution is -2.48. The van der Waals surface area contributed by atoms with Crippen LogP contribution in [-0.4, -0.2) is 41.4 Å². The van der Waals surface area contributed by atoms with E-state index in [1.54, 1.807) is 0 Å². The summed E-state index contributed by atoms with van der Waals surface area (Å²) < 4.78 is 0. The van der Waals surface area contributed by atoms with Crippen LogP contribution in [0.3, 0.4) is 0 Å². The molecule has 1 aromatic rings. The molecule has 1 aromatic carbocycles. The van der Waals surface area contributed by atoms with Gasteiger partial charge in [0.1, 0.15) is 0 Å². The van der Waals surface area contributed by atoms with Crippen LogP contribution in [0.4, 0.5) is 4.79 Å². The zero-order valence-electron chi connectivity index (χ0n) is 10.7. The first-order chi connectivity index (χ1) is 9.04. The normalized spacial score (nSPS) is 11.7. The molecule has 0 saturated carbocycles. The molecule has 6 heteroatoms. The van der Waals surface area contributed by atoms with Gasteiger partial charge >= 0.3 is 12.0 Å². The van der Waals surface area contributed by atoms with Gasteiger partial charge in [-0.1, -0.05) is 24.3 Å². The standard InChI is InChI=1S/C13H18N2O4/c1-9-4-2-3-5-10(9)6-7-14-13(19)15-11(8-16)12(17)18/h2-5,11,16H,6-8H2,1H3,(H,17,18)(H2,14,15,19)/t11-/m0/s1. The highest BCUT2D eigenvalue weighted by Crippen LogP contribution is 2.06. The molecule has 1 rings (SSSR count). The van der Waals surface area contributed by atoms with E-state index < -0.39 is 24.6 Å². The van der Waals surface area contributed by atoms with Crippen molar-refractivity contribution in [3.8, 4) is 0 Å². The highest BCUT2D eigenvalue weighted by Gasteiger charge is 2.18. The van der Waals surface area contributed by atoms with Gasteiger partial charge in [-0.25, -0.2) is 9.59 Å². The molecule has 104 valence electrons. The van der Waals surface area contributed by atoms with Gasteiger partial charge in [-0.15, -0.1) is 0 Å². The molecule has 6 nitrogen and oxygen atoms in total. The van der Waals surface area contributed by atoms with Crippen molar-refractivity contribution in [1.29, 1.82) is 0 Å². The van der Waals surface area contributed by atoms with Crippen molar-refractivity contribution < 1.29 is 19.8 Å². The Hall–Kier alpha value is -2.08. The van der Waals surface area contributed by atoms with Crippen molar-refractivity contribution in [2.45, 2.75) is 19.4 Å². The second-order valence-electron chi connectivity index (χ2n) is 4.15. The Balaban J connectivity index is 2.35. The zero-order valence-corrected chi connectivity index (χ0v) is 10.7. The second kappa shape index (κ2) is 7.38. The number of carbonyl (C=O) groups excluding carboxylic acids is 1. The molecule has 19 heavy (non-hydrogen) atoms. The van der Waals surface area contributed by atoms with Crippen molar-refractivity contribution in [2.75, 3.05) is 13.2 Å². The van der Waals surface area contributed by atoms with Gasteiger partial charge in [0.25, 0.3) is 0 Å². The topological polar surface area (TPSA) is 98.7 Å². The Morgan fingerprint density at radius 1 is 1.32 bits per heavy atom. The van der Waals surface area contributed by atoms with E-state index in [0.29, 0.717) is 13.0 Å². The third kappa shape index (κ3) is 4.97. The molecular weight excluding hydrogens is 248 g/mol. The molecule has 0 aliphatic carbocycles. The summed E-state index contributed by atoms with van der Waals surface area (Å²) in [5, 5.41) is 22.1. The minimum atomic E-state index is -1.28. The first-order valence-electron chi connectivity index (χ1n) is 5.97. The average Bonchev–Trinajstić information content (AvgIpc) is 2.38. The third-order valence-corrected chi connectivity index (χ3v) is 2.73. The molecule has 1 atom stereocenters. The van der Waals surface area contributed by atoms with Gasteiger partial charge in [-0.05, 0) is 24.5 Å². The van der Waals surface area contributed by atoms with Crippen LogP contribution >= 0.6 is 0 Å². The van der Waals surface area contributed by atoms with E-state index in [1.165, 1.54) is 0 Å². The lowest BCUT2D eigenvalue weighted by atomic mass is 10.1. The summed E-state index contributed by atoms with van der Waals surface area (Å²) in [6.45, 7) is 1.75. The Labute approximate surface area is 111 Å². The first kappa shape index (κ1) is 15.0. The van der Waals surface area contributed by atoms with Crippen LogP contribution < -0.4 is 10.6 Å². The highest BCUT2D eigenvalue weighted by atomic mass is 16.4. The molecular formula is C13H18N2O4. The number of amides is 2. The molecule has 0 spiro atoms. The van der Waals surface area contributed by atoms with Crippen LogP contribution in [0.15, 0.2) is 24.3 Å². The number of carbonyl (C=O) groups is 2. The maximum Gasteiger partial charge on any atom is 0.328 e. The van der Waals surface area contributed by atoms with Gasteiger partial charge in [0.2, 0.25) is 0 Å². The van der Waals surface area contributed by atoms with Crippen molar-refractivity contribution in [3.05, 3.63) is 35.4 Å². The number of carboxylic acids is 1. The zero-order chi connectivity index (χ0) is 14.3. The average molecular weight is 266 g/mol. The monoisotopic (exact) mass is 266 g/mol. The van der Waals surface area contributed by atoms with Gasteiger partial charge in [-0.3, -0.25) is 0 Å². The van der Waals surface area contributed by atoms with Gasteiger partial charge in [0, 0.05) is 6.54 Å². The molecule has 0 saturated heterocycles. The van der Waals surface area contributed by atoms with Crippen molar-refractivity contribution in [2.24, 2.45) is 0 Å². The Kier molecular flexibility index (Phi) is 5.81. The Morgan fingerprint density at radius 2 is 2.00 bits per heavy atom. The van der Waals surface area contributed by atoms with E-state index in [0.717, 1.165) is 11.1 Å². The van der Waals surface area contributed by atoms with Crippen LogP contribution in [0.1, 0.15) is 11.1 Å². The molecule has 0 fully saturated rings. The minimum Gasteiger partial charge on any atom is -0.480 e. The van der Waals surface area contributed by atoms with E-state index in [2.05, 4.69) is 10.6 Å². The summed E-state index contributed by atoms with van der Waals surface area (Å²) in [5.74, 6) is -1.27. The van der Waals surface area contributed by atoms with E-state index >= 15 is 0 Å².